The third-order valence-electron chi connectivity index (χ3n) is 5.35. The summed E-state index contributed by atoms with van der Waals surface area (Å²) in [5, 5.41) is 9.73. The maximum atomic E-state index is 12.5. The van der Waals surface area contributed by atoms with Gasteiger partial charge in [-0.3, -0.25) is 4.79 Å². The number of carbonyl (C=O) groups excluding carboxylic acids is 1. The first kappa shape index (κ1) is 21.1. The Labute approximate surface area is 163 Å². The van der Waals surface area contributed by atoms with E-state index >= 15 is 0 Å². The highest BCUT2D eigenvalue weighted by atomic mass is 16.5. The Hall–Kier alpha value is -2.23. The SMILES string of the molecule is C#CCC(CC#C)C(=O)O[C@@H](CCc1ccccc1)CCC1CC[C@H](O)C1. The van der Waals surface area contributed by atoms with Crippen LogP contribution in [0.15, 0.2) is 30.3 Å². The van der Waals surface area contributed by atoms with E-state index in [4.69, 9.17) is 17.6 Å². The maximum absolute atomic E-state index is 12.5. The minimum Gasteiger partial charge on any atom is -0.462 e. The molecular weight excluding hydrogens is 336 g/mol. The Balaban J connectivity index is 1.93. The molecule has 3 heteroatoms. The van der Waals surface area contributed by atoms with Gasteiger partial charge in [0.05, 0.1) is 12.0 Å². The van der Waals surface area contributed by atoms with Gasteiger partial charge in [0.1, 0.15) is 6.10 Å². The third kappa shape index (κ3) is 7.49. The van der Waals surface area contributed by atoms with Crippen LogP contribution in [0.3, 0.4) is 0 Å². The van der Waals surface area contributed by atoms with E-state index < -0.39 is 5.92 Å². The average Bonchev–Trinajstić information content (AvgIpc) is 3.09. The van der Waals surface area contributed by atoms with Crippen molar-refractivity contribution < 1.29 is 14.6 Å². The monoisotopic (exact) mass is 366 g/mol. The van der Waals surface area contributed by atoms with E-state index in [0.29, 0.717) is 18.8 Å². The van der Waals surface area contributed by atoms with Crippen LogP contribution in [-0.2, 0) is 16.0 Å². The van der Waals surface area contributed by atoms with Gasteiger partial charge in [0, 0.05) is 12.8 Å². The molecule has 0 bridgehead atoms. The molecule has 0 saturated heterocycles. The van der Waals surface area contributed by atoms with Crippen LogP contribution in [-0.4, -0.2) is 23.3 Å². The Morgan fingerprint density at radius 2 is 1.85 bits per heavy atom. The number of hydrogen-bond acceptors (Lipinski definition) is 3. The lowest BCUT2D eigenvalue weighted by Crippen LogP contribution is -2.25. The molecule has 0 aliphatic heterocycles. The summed E-state index contributed by atoms with van der Waals surface area (Å²) in [6, 6.07) is 10.2. The number of ether oxygens (including phenoxy) is 1. The number of aliphatic hydroxyl groups is 1. The second-order valence-corrected chi connectivity index (χ2v) is 7.51. The summed E-state index contributed by atoms with van der Waals surface area (Å²) in [5.41, 5.74) is 1.23. The van der Waals surface area contributed by atoms with Gasteiger partial charge in [-0.25, -0.2) is 0 Å². The van der Waals surface area contributed by atoms with Crippen molar-refractivity contribution in [1.82, 2.24) is 0 Å². The minimum absolute atomic E-state index is 0.145. The first-order valence-electron chi connectivity index (χ1n) is 9.91. The quantitative estimate of drug-likeness (QED) is 0.500. The van der Waals surface area contributed by atoms with Crippen molar-refractivity contribution in [3.8, 4) is 24.7 Å². The van der Waals surface area contributed by atoms with Gasteiger partial charge in [-0.2, -0.15) is 0 Å². The number of terminal acetylenes is 2. The molecule has 1 N–H and O–H groups in total. The van der Waals surface area contributed by atoms with Crippen LogP contribution in [0.4, 0.5) is 0 Å². The predicted molar refractivity (Wildman–Crippen MR) is 108 cm³/mol. The molecule has 1 fully saturated rings. The Kier molecular flexibility index (Phi) is 8.96. The van der Waals surface area contributed by atoms with Gasteiger partial charge in [-0.15, -0.1) is 24.7 Å². The lowest BCUT2D eigenvalue weighted by molar-refractivity contribution is -0.154. The molecule has 3 nitrogen and oxygen atoms in total. The number of rotatable bonds is 10. The van der Waals surface area contributed by atoms with Crippen LogP contribution in [0, 0.1) is 36.5 Å². The molecule has 144 valence electrons. The summed E-state index contributed by atoms with van der Waals surface area (Å²) in [6.07, 6.45) is 17.3. The van der Waals surface area contributed by atoms with Gasteiger partial charge in [0.15, 0.2) is 0 Å². The van der Waals surface area contributed by atoms with Crippen LogP contribution in [0.2, 0.25) is 0 Å². The molecule has 1 unspecified atom stereocenters. The molecule has 0 heterocycles. The zero-order chi connectivity index (χ0) is 19.5. The van der Waals surface area contributed by atoms with Crippen molar-refractivity contribution in [1.29, 1.82) is 0 Å². The van der Waals surface area contributed by atoms with Gasteiger partial charge in [-0.1, -0.05) is 30.3 Å². The van der Waals surface area contributed by atoms with E-state index in [1.165, 1.54) is 5.56 Å². The van der Waals surface area contributed by atoms with Crippen LogP contribution < -0.4 is 0 Å². The lowest BCUT2D eigenvalue weighted by Gasteiger charge is -2.22. The standard InChI is InChI=1S/C24H30O3/c1-3-8-21(9-4-2)24(26)27-23(16-13-19-10-6-5-7-11-19)17-14-20-12-15-22(25)18-20/h1-2,5-7,10-11,20-23,25H,8-9,12-18H2/t20?,22-,23-/m0/s1. The van der Waals surface area contributed by atoms with Crippen LogP contribution in [0.5, 0.6) is 0 Å². The first-order chi connectivity index (χ1) is 13.1. The summed E-state index contributed by atoms with van der Waals surface area (Å²) in [5.74, 6) is 4.86. The van der Waals surface area contributed by atoms with E-state index in [9.17, 15) is 9.90 Å². The average molecular weight is 367 g/mol. The molecule has 2 rings (SSSR count). The number of aryl methyl sites for hydroxylation is 1. The van der Waals surface area contributed by atoms with E-state index in [0.717, 1.165) is 44.9 Å². The van der Waals surface area contributed by atoms with Crippen molar-refractivity contribution in [2.75, 3.05) is 0 Å². The minimum atomic E-state index is -0.424. The summed E-state index contributed by atoms with van der Waals surface area (Å²) in [6.45, 7) is 0. The van der Waals surface area contributed by atoms with E-state index in [1.807, 2.05) is 18.2 Å². The molecule has 0 aromatic heterocycles. The topological polar surface area (TPSA) is 46.5 Å². The molecule has 1 aliphatic rings. The summed E-state index contributed by atoms with van der Waals surface area (Å²) in [7, 11) is 0. The fourth-order valence-electron chi connectivity index (χ4n) is 3.75. The number of hydrogen-bond donors (Lipinski definition) is 1. The highest BCUT2D eigenvalue weighted by Gasteiger charge is 2.26. The third-order valence-corrected chi connectivity index (χ3v) is 5.35. The normalized spacial score (nSPS) is 20.0. The fraction of sp³-hybridized carbons (Fsp3) is 0.542. The molecule has 0 spiro atoms. The van der Waals surface area contributed by atoms with E-state index in [-0.39, 0.29) is 18.2 Å². The van der Waals surface area contributed by atoms with Gasteiger partial charge >= 0.3 is 5.97 Å². The van der Waals surface area contributed by atoms with Gasteiger partial charge < -0.3 is 9.84 Å². The zero-order valence-corrected chi connectivity index (χ0v) is 16.0. The lowest BCUT2D eigenvalue weighted by atomic mass is 9.96. The molecule has 0 amide bonds. The largest absolute Gasteiger partial charge is 0.462 e. The highest BCUT2D eigenvalue weighted by Crippen LogP contribution is 2.30. The first-order valence-corrected chi connectivity index (χ1v) is 9.91. The van der Waals surface area contributed by atoms with Crippen LogP contribution in [0.1, 0.15) is 56.9 Å². The summed E-state index contributed by atoms with van der Waals surface area (Å²) >= 11 is 0. The molecule has 3 atom stereocenters. The van der Waals surface area contributed by atoms with Gasteiger partial charge in [0.2, 0.25) is 0 Å². The molecule has 1 aromatic rings. The molecule has 1 saturated carbocycles. The van der Waals surface area contributed by atoms with Crippen molar-refractivity contribution in [2.45, 2.75) is 70.0 Å². The Bertz CT molecular complexity index is 636. The van der Waals surface area contributed by atoms with Crippen molar-refractivity contribution in [3.63, 3.8) is 0 Å². The highest BCUT2D eigenvalue weighted by molar-refractivity contribution is 5.73. The number of benzene rings is 1. The zero-order valence-electron chi connectivity index (χ0n) is 16.0. The number of esters is 1. The number of carbonyl (C=O) groups is 1. The Morgan fingerprint density at radius 1 is 1.15 bits per heavy atom. The smallest absolute Gasteiger partial charge is 0.311 e. The van der Waals surface area contributed by atoms with Gasteiger partial charge in [0.25, 0.3) is 0 Å². The molecule has 0 radical (unpaired) electrons. The van der Waals surface area contributed by atoms with Crippen molar-refractivity contribution >= 4 is 5.97 Å². The van der Waals surface area contributed by atoms with E-state index in [1.54, 1.807) is 0 Å². The van der Waals surface area contributed by atoms with E-state index in [2.05, 4.69) is 24.0 Å². The summed E-state index contributed by atoms with van der Waals surface area (Å²) in [4.78, 5) is 12.5. The second-order valence-electron chi connectivity index (χ2n) is 7.51. The fourth-order valence-corrected chi connectivity index (χ4v) is 3.75. The molecular formula is C24H30O3. The molecule has 1 aromatic carbocycles. The van der Waals surface area contributed by atoms with Crippen LogP contribution >= 0.6 is 0 Å². The predicted octanol–water partition coefficient (Wildman–Crippen LogP) is 4.14. The van der Waals surface area contributed by atoms with Gasteiger partial charge in [-0.05, 0) is 56.4 Å². The van der Waals surface area contributed by atoms with Crippen molar-refractivity contribution in [2.24, 2.45) is 11.8 Å². The van der Waals surface area contributed by atoms with Crippen LogP contribution in [0.25, 0.3) is 0 Å². The molecule has 27 heavy (non-hydrogen) atoms. The maximum Gasteiger partial charge on any atom is 0.311 e. The summed E-state index contributed by atoms with van der Waals surface area (Å²) < 4.78 is 5.83. The Morgan fingerprint density at radius 3 is 2.44 bits per heavy atom. The van der Waals surface area contributed by atoms with Crippen molar-refractivity contribution in [3.05, 3.63) is 35.9 Å². The molecule has 1 aliphatic carbocycles. The number of aliphatic hydroxyl groups excluding tert-OH is 1. The second kappa shape index (κ2) is 11.5.